The molecule has 3 aromatic rings. The molecule has 0 spiro atoms. The van der Waals surface area contributed by atoms with Gasteiger partial charge in [0.25, 0.3) is 5.91 Å². The molecule has 1 amide bonds. The summed E-state index contributed by atoms with van der Waals surface area (Å²) in [7, 11) is 0. The molecule has 1 aromatic heterocycles. The molecular formula is C20H13FN2OS. The fourth-order valence-corrected chi connectivity index (χ4v) is 3.29. The standard InChI is InChI=1S/C20H13FN2OS/c21-15-8-10-16(11-9-15)23-19(14-5-2-1-3-6-14)22-18(20(23)24)13-17-7-4-12-25-17/h1-13H/b18-13+. The fourth-order valence-electron chi connectivity index (χ4n) is 2.64. The van der Waals surface area contributed by atoms with Crippen LogP contribution < -0.4 is 4.90 Å². The van der Waals surface area contributed by atoms with Crippen molar-refractivity contribution in [2.75, 3.05) is 4.90 Å². The zero-order valence-electron chi connectivity index (χ0n) is 13.1. The Morgan fingerprint density at radius 1 is 0.960 bits per heavy atom. The number of rotatable bonds is 3. The molecule has 0 N–H and O–H groups in total. The lowest BCUT2D eigenvalue weighted by Gasteiger charge is -2.18. The molecule has 0 radical (unpaired) electrons. The predicted molar refractivity (Wildman–Crippen MR) is 99.2 cm³/mol. The van der Waals surface area contributed by atoms with E-state index >= 15 is 0 Å². The number of hydrogen-bond donors (Lipinski definition) is 0. The second-order valence-corrected chi connectivity index (χ2v) is 6.44. The van der Waals surface area contributed by atoms with Crippen molar-refractivity contribution < 1.29 is 9.18 Å². The number of anilines is 1. The van der Waals surface area contributed by atoms with E-state index in [1.807, 2.05) is 47.8 Å². The third kappa shape index (κ3) is 3.02. The average molecular weight is 348 g/mol. The molecule has 0 saturated carbocycles. The Kier molecular flexibility index (Phi) is 3.99. The maximum atomic E-state index is 13.3. The molecule has 122 valence electrons. The highest BCUT2D eigenvalue weighted by Crippen LogP contribution is 2.28. The first-order valence-corrected chi connectivity index (χ1v) is 8.60. The molecule has 4 rings (SSSR count). The molecule has 0 aliphatic carbocycles. The summed E-state index contributed by atoms with van der Waals surface area (Å²) in [5.41, 5.74) is 1.78. The van der Waals surface area contributed by atoms with Crippen molar-refractivity contribution in [2.24, 2.45) is 4.99 Å². The Labute approximate surface area is 148 Å². The van der Waals surface area contributed by atoms with Gasteiger partial charge in [0, 0.05) is 10.4 Å². The first-order chi connectivity index (χ1) is 12.2. The molecule has 1 aliphatic rings. The maximum absolute atomic E-state index is 13.3. The summed E-state index contributed by atoms with van der Waals surface area (Å²) in [5.74, 6) is -0.0261. The van der Waals surface area contributed by atoms with E-state index in [2.05, 4.69) is 4.99 Å². The van der Waals surface area contributed by atoms with Crippen molar-refractivity contribution in [1.82, 2.24) is 0 Å². The molecule has 2 aromatic carbocycles. The van der Waals surface area contributed by atoms with Crippen LogP contribution in [-0.4, -0.2) is 11.7 Å². The van der Waals surface area contributed by atoms with Crippen LogP contribution in [0.2, 0.25) is 0 Å². The number of amides is 1. The van der Waals surface area contributed by atoms with E-state index in [0.29, 0.717) is 17.2 Å². The maximum Gasteiger partial charge on any atom is 0.282 e. The number of halogens is 1. The van der Waals surface area contributed by atoms with Crippen molar-refractivity contribution in [1.29, 1.82) is 0 Å². The Bertz CT molecular complexity index is 961. The number of carbonyl (C=O) groups excluding carboxylic acids is 1. The van der Waals surface area contributed by atoms with E-state index in [1.54, 1.807) is 29.5 Å². The summed E-state index contributed by atoms with van der Waals surface area (Å²) in [6.07, 6.45) is 1.78. The van der Waals surface area contributed by atoms with E-state index in [4.69, 9.17) is 0 Å². The molecule has 2 heterocycles. The van der Waals surface area contributed by atoms with Gasteiger partial charge in [0.2, 0.25) is 0 Å². The van der Waals surface area contributed by atoms with Crippen molar-refractivity contribution >= 4 is 34.8 Å². The number of nitrogens with zero attached hydrogens (tertiary/aromatic N) is 2. The molecule has 0 unspecified atom stereocenters. The highest BCUT2D eigenvalue weighted by atomic mass is 32.1. The summed E-state index contributed by atoms with van der Waals surface area (Å²) in [5, 5.41) is 1.95. The normalized spacial score (nSPS) is 15.7. The van der Waals surface area contributed by atoms with E-state index in [1.165, 1.54) is 17.0 Å². The van der Waals surface area contributed by atoms with Gasteiger partial charge in [-0.2, -0.15) is 0 Å². The molecule has 0 saturated heterocycles. The van der Waals surface area contributed by atoms with Crippen LogP contribution in [-0.2, 0) is 4.79 Å². The van der Waals surface area contributed by atoms with E-state index in [-0.39, 0.29) is 11.7 Å². The van der Waals surface area contributed by atoms with Gasteiger partial charge in [-0.3, -0.25) is 9.69 Å². The molecule has 0 bridgehead atoms. The van der Waals surface area contributed by atoms with Crippen LogP contribution in [0.1, 0.15) is 10.4 Å². The second kappa shape index (κ2) is 6.45. The largest absolute Gasteiger partial charge is 0.282 e. The second-order valence-electron chi connectivity index (χ2n) is 5.46. The highest BCUT2D eigenvalue weighted by Gasteiger charge is 2.32. The SMILES string of the molecule is O=C1/C(=C\c2cccs2)N=C(c2ccccc2)N1c1ccc(F)cc1. The van der Waals surface area contributed by atoms with Gasteiger partial charge in [-0.15, -0.1) is 11.3 Å². The Morgan fingerprint density at radius 3 is 2.40 bits per heavy atom. The van der Waals surface area contributed by atoms with Gasteiger partial charge in [0.05, 0.1) is 5.69 Å². The van der Waals surface area contributed by atoms with Crippen LogP contribution in [0.4, 0.5) is 10.1 Å². The molecule has 0 atom stereocenters. The van der Waals surface area contributed by atoms with Crippen molar-refractivity contribution in [3.05, 3.63) is 94.1 Å². The van der Waals surface area contributed by atoms with E-state index < -0.39 is 0 Å². The Hall–Kier alpha value is -3.05. The van der Waals surface area contributed by atoms with Crippen LogP contribution in [0.25, 0.3) is 6.08 Å². The first-order valence-electron chi connectivity index (χ1n) is 7.72. The number of amidine groups is 1. The Morgan fingerprint density at radius 2 is 1.72 bits per heavy atom. The number of benzene rings is 2. The lowest BCUT2D eigenvalue weighted by molar-refractivity contribution is -0.113. The predicted octanol–water partition coefficient (Wildman–Crippen LogP) is 4.72. The monoisotopic (exact) mass is 348 g/mol. The van der Waals surface area contributed by atoms with Crippen LogP contribution in [0.3, 0.4) is 0 Å². The molecule has 5 heteroatoms. The van der Waals surface area contributed by atoms with Crippen molar-refractivity contribution in [2.45, 2.75) is 0 Å². The smallest absolute Gasteiger partial charge is 0.266 e. The zero-order valence-corrected chi connectivity index (χ0v) is 13.9. The van der Waals surface area contributed by atoms with Gasteiger partial charge in [-0.25, -0.2) is 9.38 Å². The number of hydrogen-bond acceptors (Lipinski definition) is 3. The van der Waals surface area contributed by atoms with Gasteiger partial charge in [0.15, 0.2) is 0 Å². The minimum Gasteiger partial charge on any atom is -0.266 e. The molecule has 0 fully saturated rings. The topological polar surface area (TPSA) is 32.7 Å². The van der Waals surface area contributed by atoms with Gasteiger partial charge in [-0.1, -0.05) is 36.4 Å². The van der Waals surface area contributed by atoms with Gasteiger partial charge in [-0.05, 0) is 41.8 Å². The first kappa shape index (κ1) is 15.5. The van der Waals surface area contributed by atoms with Crippen LogP contribution in [0.15, 0.2) is 82.8 Å². The number of thiophene rings is 1. The lowest BCUT2D eigenvalue weighted by atomic mass is 10.2. The van der Waals surface area contributed by atoms with Crippen LogP contribution >= 0.6 is 11.3 Å². The van der Waals surface area contributed by atoms with Crippen molar-refractivity contribution in [3.63, 3.8) is 0 Å². The number of carbonyl (C=O) groups is 1. The highest BCUT2D eigenvalue weighted by molar-refractivity contribution is 7.10. The van der Waals surface area contributed by atoms with Gasteiger partial charge < -0.3 is 0 Å². The molecular weight excluding hydrogens is 335 g/mol. The Balaban J connectivity index is 1.82. The third-order valence-corrected chi connectivity index (χ3v) is 4.62. The molecule has 1 aliphatic heterocycles. The van der Waals surface area contributed by atoms with Crippen molar-refractivity contribution in [3.8, 4) is 0 Å². The summed E-state index contributed by atoms with van der Waals surface area (Å²) in [4.78, 5) is 20.0. The minimum absolute atomic E-state index is 0.223. The molecule has 3 nitrogen and oxygen atoms in total. The van der Waals surface area contributed by atoms with Crippen LogP contribution in [0, 0.1) is 5.82 Å². The molecule has 25 heavy (non-hydrogen) atoms. The summed E-state index contributed by atoms with van der Waals surface area (Å²) >= 11 is 1.54. The minimum atomic E-state index is -0.344. The van der Waals surface area contributed by atoms with Crippen LogP contribution in [0.5, 0.6) is 0 Å². The third-order valence-electron chi connectivity index (χ3n) is 3.80. The fraction of sp³-hybridized carbons (Fsp3) is 0. The van der Waals surface area contributed by atoms with Gasteiger partial charge >= 0.3 is 0 Å². The zero-order chi connectivity index (χ0) is 17.2. The number of aliphatic imine (C=N–C) groups is 1. The quantitative estimate of drug-likeness (QED) is 0.630. The lowest BCUT2D eigenvalue weighted by Crippen LogP contribution is -2.32. The van der Waals surface area contributed by atoms with E-state index in [9.17, 15) is 9.18 Å². The summed E-state index contributed by atoms with van der Waals surface area (Å²) in [6, 6.07) is 19.2. The van der Waals surface area contributed by atoms with E-state index in [0.717, 1.165) is 10.4 Å². The summed E-state index contributed by atoms with van der Waals surface area (Å²) in [6.45, 7) is 0. The average Bonchev–Trinajstić information content (AvgIpc) is 3.26. The summed E-state index contributed by atoms with van der Waals surface area (Å²) < 4.78 is 13.3. The van der Waals surface area contributed by atoms with Gasteiger partial charge in [0.1, 0.15) is 17.3 Å².